The van der Waals surface area contributed by atoms with Crippen LogP contribution in [0.1, 0.15) is 33.8 Å². The number of methoxy groups -OCH3 is 1. The lowest BCUT2D eigenvalue weighted by Gasteiger charge is -2.17. The summed E-state index contributed by atoms with van der Waals surface area (Å²) in [5.41, 5.74) is 0.964. The van der Waals surface area contributed by atoms with Crippen molar-refractivity contribution in [1.29, 1.82) is 0 Å². The summed E-state index contributed by atoms with van der Waals surface area (Å²) in [7, 11) is 1.58. The van der Waals surface area contributed by atoms with Crippen LogP contribution < -0.4 is 15.7 Å². The van der Waals surface area contributed by atoms with Gasteiger partial charge in [0.25, 0.3) is 5.91 Å². The number of ether oxygens (including phenoxy) is 2. The standard InChI is InChI=1S/C28H25NO6/c1-33-16-8-15-29-26(30)23-17-21-13-14-22(18-24(21)35-27(23)31)34-28(32)25(19-9-4-2-5-10-19)20-11-6-3-7-12-20/h2-7,9-14,17-18,25H,8,15-16H2,1H3,(H,29,30). The normalized spacial score (nSPS) is 10.9. The molecule has 1 heterocycles. The van der Waals surface area contributed by atoms with Crippen molar-refractivity contribution < 1.29 is 23.5 Å². The Kier molecular flexibility index (Phi) is 7.70. The van der Waals surface area contributed by atoms with Gasteiger partial charge in [0.15, 0.2) is 0 Å². The van der Waals surface area contributed by atoms with Crippen LogP contribution in [-0.4, -0.2) is 32.1 Å². The molecule has 0 saturated heterocycles. The Morgan fingerprint density at radius 2 is 1.57 bits per heavy atom. The first kappa shape index (κ1) is 23.9. The molecule has 3 aromatic carbocycles. The number of carbonyl (C=O) groups is 2. The lowest BCUT2D eigenvalue weighted by atomic mass is 9.91. The molecule has 0 radical (unpaired) electrons. The zero-order valence-corrected chi connectivity index (χ0v) is 19.2. The summed E-state index contributed by atoms with van der Waals surface area (Å²) in [5, 5.41) is 3.21. The van der Waals surface area contributed by atoms with Crippen LogP contribution in [0.15, 0.2) is 94.1 Å². The topological polar surface area (TPSA) is 94.8 Å². The summed E-state index contributed by atoms with van der Waals surface area (Å²) in [6.07, 6.45) is 0.628. The molecule has 0 aliphatic rings. The molecule has 7 heteroatoms. The molecule has 0 spiro atoms. The minimum Gasteiger partial charge on any atom is -0.426 e. The molecule has 4 aromatic rings. The SMILES string of the molecule is COCCCNC(=O)c1cc2ccc(OC(=O)C(c3ccccc3)c3ccccc3)cc2oc1=O. The molecule has 1 amide bonds. The summed E-state index contributed by atoms with van der Waals surface area (Å²) in [6.45, 7) is 0.881. The summed E-state index contributed by atoms with van der Waals surface area (Å²) >= 11 is 0. The number of carbonyl (C=O) groups excluding carboxylic acids is 2. The van der Waals surface area contributed by atoms with Gasteiger partial charge >= 0.3 is 11.6 Å². The lowest BCUT2D eigenvalue weighted by molar-refractivity contribution is -0.135. The van der Waals surface area contributed by atoms with Crippen molar-refractivity contribution in [3.63, 3.8) is 0 Å². The van der Waals surface area contributed by atoms with E-state index >= 15 is 0 Å². The lowest BCUT2D eigenvalue weighted by Crippen LogP contribution is -2.29. The molecular formula is C28H25NO6. The van der Waals surface area contributed by atoms with Crippen LogP contribution in [0.25, 0.3) is 11.0 Å². The fourth-order valence-electron chi connectivity index (χ4n) is 3.76. The number of fused-ring (bicyclic) bond motifs is 1. The maximum atomic E-state index is 13.2. The highest BCUT2D eigenvalue weighted by Crippen LogP contribution is 2.28. The monoisotopic (exact) mass is 471 g/mol. The Labute approximate surface area is 202 Å². The second-order valence-corrected chi connectivity index (χ2v) is 7.92. The van der Waals surface area contributed by atoms with Crippen LogP contribution in [-0.2, 0) is 9.53 Å². The summed E-state index contributed by atoms with van der Waals surface area (Å²) in [4.78, 5) is 38.0. The highest BCUT2D eigenvalue weighted by atomic mass is 16.5. The number of esters is 1. The first-order chi connectivity index (χ1) is 17.1. The highest BCUT2D eigenvalue weighted by Gasteiger charge is 2.25. The van der Waals surface area contributed by atoms with Crippen LogP contribution in [0.4, 0.5) is 0 Å². The quantitative estimate of drug-likeness (QED) is 0.169. The molecule has 0 bridgehead atoms. The third-order valence-electron chi connectivity index (χ3n) is 5.48. The molecule has 0 fully saturated rings. The van der Waals surface area contributed by atoms with Crippen LogP contribution in [0, 0.1) is 0 Å². The van der Waals surface area contributed by atoms with Crippen molar-refractivity contribution >= 4 is 22.8 Å². The molecule has 4 rings (SSSR count). The van der Waals surface area contributed by atoms with Gasteiger partial charge in [0.05, 0.1) is 0 Å². The van der Waals surface area contributed by atoms with Gasteiger partial charge < -0.3 is 19.2 Å². The predicted molar refractivity (Wildman–Crippen MR) is 132 cm³/mol. The van der Waals surface area contributed by atoms with Crippen molar-refractivity contribution in [2.45, 2.75) is 12.3 Å². The average molecular weight is 472 g/mol. The summed E-state index contributed by atoms with van der Waals surface area (Å²) in [5.74, 6) is -1.36. The van der Waals surface area contributed by atoms with E-state index in [1.165, 1.54) is 12.1 Å². The Hall–Kier alpha value is -4.23. The van der Waals surface area contributed by atoms with Crippen molar-refractivity contribution in [3.8, 4) is 5.75 Å². The van der Waals surface area contributed by atoms with Gasteiger partial charge in [-0.1, -0.05) is 60.7 Å². The Morgan fingerprint density at radius 1 is 0.914 bits per heavy atom. The first-order valence-corrected chi connectivity index (χ1v) is 11.2. The minimum absolute atomic E-state index is 0.0899. The van der Waals surface area contributed by atoms with Crippen LogP contribution >= 0.6 is 0 Å². The van der Waals surface area contributed by atoms with Gasteiger partial charge in [0.2, 0.25) is 0 Å². The Bertz CT molecular complexity index is 1330. The number of benzene rings is 3. The van der Waals surface area contributed by atoms with Crippen LogP contribution in [0.5, 0.6) is 5.75 Å². The van der Waals surface area contributed by atoms with E-state index in [4.69, 9.17) is 13.9 Å². The summed E-state index contributed by atoms with van der Waals surface area (Å²) < 4.78 is 16.0. The Balaban J connectivity index is 1.56. The van der Waals surface area contributed by atoms with E-state index in [0.717, 1.165) is 11.1 Å². The maximum Gasteiger partial charge on any atom is 0.349 e. The molecular weight excluding hydrogens is 446 g/mol. The van der Waals surface area contributed by atoms with E-state index in [1.54, 1.807) is 19.2 Å². The molecule has 0 aliphatic carbocycles. The maximum absolute atomic E-state index is 13.2. The van der Waals surface area contributed by atoms with Crippen molar-refractivity contribution in [1.82, 2.24) is 5.32 Å². The fourth-order valence-corrected chi connectivity index (χ4v) is 3.76. The molecule has 1 N–H and O–H groups in total. The molecule has 178 valence electrons. The highest BCUT2D eigenvalue weighted by molar-refractivity contribution is 5.96. The van der Waals surface area contributed by atoms with Gasteiger partial charge in [0, 0.05) is 31.7 Å². The second kappa shape index (κ2) is 11.3. The van der Waals surface area contributed by atoms with E-state index in [9.17, 15) is 14.4 Å². The smallest absolute Gasteiger partial charge is 0.349 e. The van der Waals surface area contributed by atoms with Crippen LogP contribution in [0.3, 0.4) is 0 Å². The molecule has 1 aromatic heterocycles. The molecule has 7 nitrogen and oxygen atoms in total. The van der Waals surface area contributed by atoms with Gasteiger partial charge in [-0.3, -0.25) is 9.59 Å². The zero-order chi connectivity index (χ0) is 24.6. The average Bonchev–Trinajstić information content (AvgIpc) is 2.87. The third kappa shape index (κ3) is 5.83. The zero-order valence-electron chi connectivity index (χ0n) is 19.2. The summed E-state index contributed by atoms with van der Waals surface area (Å²) in [6, 6.07) is 24.9. The van der Waals surface area contributed by atoms with Crippen molar-refractivity contribution in [3.05, 3.63) is 112 Å². The van der Waals surface area contributed by atoms with E-state index in [-0.39, 0.29) is 16.9 Å². The van der Waals surface area contributed by atoms with Crippen molar-refractivity contribution in [2.75, 3.05) is 20.3 Å². The molecule has 0 unspecified atom stereocenters. The molecule has 35 heavy (non-hydrogen) atoms. The molecule has 0 saturated carbocycles. The van der Waals surface area contributed by atoms with Gasteiger partial charge in [-0.15, -0.1) is 0 Å². The molecule has 0 atom stereocenters. The van der Waals surface area contributed by atoms with Gasteiger partial charge in [0.1, 0.15) is 22.8 Å². The number of amides is 1. The first-order valence-electron chi connectivity index (χ1n) is 11.2. The van der Waals surface area contributed by atoms with E-state index in [0.29, 0.717) is 25.0 Å². The number of nitrogens with one attached hydrogen (secondary N) is 1. The van der Waals surface area contributed by atoms with Gasteiger partial charge in [-0.25, -0.2) is 4.79 Å². The predicted octanol–water partition coefficient (Wildman–Crippen LogP) is 4.30. The van der Waals surface area contributed by atoms with Crippen molar-refractivity contribution in [2.24, 2.45) is 0 Å². The van der Waals surface area contributed by atoms with Gasteiger partial charge in [-0.05, 0) is 35.7 Å². The fraction of sp³-hybridized carbons (Fsp3) is 0.179. The van der Waals surface area contributed by atoms with Crippen LogP contribution in [0.2, 0.25) is 0 Å². The largest absolute Gasteiger partial charge is 0.426 e. The molecule has 0 aliphatic heterocycles. The minimum atomic E-state index is -0.767. The van der Waals surface area contributed by atoms with E-state index in [1.807, 2.05) is 60.7 Å². The Morgan fingerprint density at radius 3 is 2.20 bits per heavy atom. The third-order valence-corrected chi connectivity index (χ3v) is 5.48. The number of hydrogen-bond acceptors (Lipinski definition) is 6. The van der Waals surface area contributed by atoms with E-state index in [2.05, 4.69) is 5.32 Å². The second-order valence-electron chi connectivity index (χ2n) is 7.92. The number of rotatable bonds is 9. The van der Waals surface area contributed by atoms with E-state index < -0.39 is 23.4 Å². The van der Waals surface area contributed by atoms with Gasteiger partial charge in [-0.2, -0.15) is 0 Å². The number of hydrogen-bond donors (Lipinski definition) is 1.